The van der Waals surface area contributed by atoms with E-state index in [0.717, 1.165) is 11.1 Å². The molecular weight excluding hydrogens is 472 g/mol. The SMILES string of the molecule is COc1ccc(C2C(C(=O)c3sc(-c4ccccc4)nc3C)=C(O)C(=O)N2c2ccc(C)cc2)cc1. The summed E-state index contributed by atoms with van der Waals surface area (Å²) in [4.78, 5) is 33.8. The van der Waals surface area contributed by atoms with Crippen LogP contribution in [0.15, 0.2) is 90.2 Å². The first-order valence-electron chi connectivity index (χ1n) is 11.4. The number of rotatable bonds is 6. The Morgan fingerprint density at radius 3 is 2.28 bits per heavy atom. The summed E-state index contributed by atoms with van der Waals surface area (Å²) in [6, 6.07) is 23.4. The molecule has 180 valence electrons. The van der Waals surface area contributed by atoms with Gasteiger partial charge in [-0.3, -0.25) is 14.5 Å². The van der Waals surface area contributed by atoms with E-state index in [1.54, 1.807) is 38.3 Å². The number of hydrogen-bond acceptors (Lipinski definition) is 6. The van der Waals surface area contributed by atoms with E-state index >= 15 is 0 Å². The smallest absolute Gasteiger partial charge is 0.294 e. The summed E-state index contributed by atoms with van der Waals surface area (Å²) in [6.45, 7) is 3.72. The van der Waals surface area contributed by atoms with Gasteiger partial charge in [0.25, 0.3) is 5.91 Å². The average Bonchev–Trinajstić information content (AvgIpc) is 3.42. The molecule has 0 saturated heterocycles. The van der Waals surface area contributed by atoms with Crippen molar-refractivity contribution < 1.29 is 19.4 Å². The van der Waals surface area contributed by atoms with E-state index < -0.39 is 23.5 Å². The fraction of sp³-hybridized carbons (Fsp3) is 0.138. The van der Waals surface area contributed by atoms with Gasteiger partial charge < -0.3 is 9.84 Å². The molecule has 1 atom stereocenters. The molecule has 5 rings (SSSR count). The second-order valence-corrected chi connectivity index (χ2v) is 9.58. The van der Waals surface area contributed by atoms with E-state index in [4.69, 9.17) is 4.74 Å². The predicted octanol–water partition coefficient (Wildman–Crippen LogP) is 6.22. The first kappa shape index (κ1) is 23.5. The topological polar surface area (TPSA) is 79.7 Å². The van der Waals surface area contributed by atoms with Gasteiger partial charge in [-0.05, 0) is 43.7 Å². The zero-order valence-corrected chi connectivity index (χ0v) is 20.9. The number of nitrogens with zero attached hydrogens (tertiary/aromatic N) is 2. The second kappa shape index (κ2) is 9.43. The summed E-state index contributed by atoms with van der Waals surface area (Å²) in [7, 11) is 1.57. The van der Waals surface area contributed by atoms with E-state index in [1.807, 2.05) is 61.5 Å². The summed E-state index contributed by atoms with van der Waals surface area (Å²) in [5.41, 5.74) is 3.80. The number of thiazole rings is 1. The van der Waals surface area contributed by atoms with E-state index in [9.17, 15) is 14.7 Å². The normalized spacial score (nSPS) is 15.5. The number of benzene rings is 3. The van der Waals surface area contributed by atoms with E-state index in [2.05, 4.69) is 4.98 Å². The van der Waals surface area contributed by atoms with Crippen molar-refractivity contribution in [2.24, 2.45) is 0 Å². The van der Waals surface area contributed by atoms with Gasteiger partial charge in [0.1, 0.15) is 10.8 Å². The number of carbonyl (C=O) groups excluding carboxylic acids is 2. The number of aliphatic hydroxyl groups excluding tert-OH is 1. The van der Waals surface area contributed by atoms with Crippen LogP contribution in [0.25, 0.3) is 10.6 Å². The van der Waals surface area contributed by atoms with Crippen LogP contribution in [0.3, 0.4) is 0 Å². The van der Waals surface area contributed by atoms with Crippen molar-refractivity contribution in [3.05, 3.63) is 112 Å². The third-order valence-electron chi connectivity index (χ3n) is 6.22. The summed E-state index contributed by atoms with van der Waals surface area (Å²) in [5, 5.41) is 11.8. The summed E-state index contributed by atoms with van der Waals surface area (Å²) < 4.78 is 5.29. The van der Waals surface area contributed by atoms with Crippen LogP contribution < -0.4 is 9.64 Å². The fourth-order valence-electron chi connectivity index (χ4n) is 4.34. The van der Waals surface area contributed by atoms with Gasteiger partial charge in [-0.15, -0.1) is 11.3 Å². The minimum absolute atomic E-state index is 0.0390. The molecular formula is C29H24N2O4S. The number of aromatic nitrogens is 1. The van der Waals surface area contributed by atoms with Crippen LogP contribution in [0, 0.1) is 13.8 Å². The highest BCUT2D eigenvalue weighted by Crippen LogP contribution is 2.43. The molecule has 3 aromatic carbocycles. The lowest BCUT2D eigenvalue weighted by molar-refractivity contribution is -0.117. The Morgan fingerprint density at radius 2 is 1.64 bits per heavy atom. The first-order valence-corrected chi connectivity index (χ1v) is 12.3. The lowest BCUT2D eigenvalue weighted by Crippen LogP contribution is -2.31. The third-order valence-corrected chi connectivity index (χ3v) is 7.43. The number of aliphatic hydroxyl groups is 1. The molecule has 1 aliphatic rings. The Hall–Kier alpha value is -4.23. The molecule has 4 aromatic rings. The highest BCUT2D eigenvalue weighted by Gasteiger charge is 2.45. The number of ether oxygens (including phenoxy) is 1. The first-order chi connectivity index (χ1) is 17.4. The van der Waals surface area contributed by atoms with Crippen LogP contribution in [-0.4, -0.2) is 28.9 Å². The van der Waals surface area contributed by atoms with Crippen molar-refractivity contribution in [1.29, 1.82) is 0 Å². The van der Waals surface area contributed by atoms with Gasteiger partial charge in [0, 0.05) is 11.3 Å². The number of aryl methyl sites for hydroxylation is 2. The van der Waals surface area contributed by atoms with Crippen LogP contribution >= 0.6 is 11.3 Å². The highest BCUT2D eigenvalue weighted by molar-refractivity contribution is 7.17. The van der Waals surface area contributed by atoms with Crippen molar-refractivity contribution in [2.45, 2.75) is 19.9 Å². The molecule has 1 N–H and O–H groups in total. The number of Topliss-reactive ketones (excluding diaryl/α,β-unsaturated/α-hetero) is 1. The Morgan fingerprint density at radius 1 is 0.972 bits per heavy atom. The van der Waals surface area contributed by atoms with Crippen LogP contribution in [0.4, 0.5) is 5.69 Å². The molecule has 7 heteroatoms. The summed E-state index contributed by atoms with van der Waals surface area (Å²) in [5.74, 6) is -0.922. The van der Waals surface area contributed by atoms with Crippen LogP contribution in [-0.2, 0) is 4.79 Å². The number of amides is 1. The van der Waals surface area contributed by atoms with Crippen molar-refractivity contribution in [2.75, 3.05) is 12.0 Å². The summed E-state index contributed by atoms with van der Waals surface area (Å²) in [6.07, 6.45) is 0. The molecule has 0 fully saturated rings. The molecule has 1 aromatic heterocycles. The van der Waals surface area contributed by atoms with Gasteiger partial charge in [-0.25, -0.2) is 4.98 Å². The molecule has 1 aliphatic heterocycles. The second-order valence-electron chi connectivity index (χ2n) is 8.58. The number of methoxy groups -OCH3 is 1. The van der Waals surface area contributed by atoms with Crippen LogP contribution in [0.1, 0.15) is 32.5 Å². The van der Waals surface area contributed by atoms with Gasteiger partial charge in [-0.2, -0.15) is 0 Å². The molecule has 2 heterocycles. The highest BCUT2D eigenvalue weighted by atomic mass is 32.1. The van der Waals surface area contributed by atoms with Crippen LogP contribution in [0.5, 0.6) is 5.75 Å². The number of ketones is 1. The van der Waals surface area contributed by atoms with Gasteiger partial charge in [0.15, 0.2) is 5.76 Å². The molecule has 1 amide bonds. The zero-order valence-electron chi connectivity index (χ0n) is 20.1. The molecule has 1 unspecified atom stereocenters. The number of anilines is 1. The van der Waals surface area contributed by atoms with Crippen LogP contribution in [0.2, 0.25) is 0 Å². The predicted molar refractivity (Wildman–Crippen MR) is 141 cm³/mol. The maximum Gasteiger partial charge on any atom is 0.294 e. The third kappa shape index (κ3) is 4.07. The number of hydrogen-bond donors (Lipinski definition) is 1. The van der Waals surface area contributed by atoms with E-state index in [0.29, 0.717) is 32.6 Å². The average molecular weight is 497 g/mol. The van der Waals surface area contributed by atoms with Gasteiger partial charge >= 0.3 is 0 Å². The lowest BCUT2D eigenvalue weighted by Gasteiger charge is -2.27. The Kier molecular flexibility index (Phi) is 6.16. The van der Waals surface area contributed by atoms with Gasteiger partial charge in [0.2, 0.25) is 5.78 Å². The largest absolute Gasteiger partial charge is 0.503 e. The quantitative estimate of drug-likeness (QED) is 0.321. The molecule has 6 nitrogen and oxygen atoms in total. The Balaban J connectivity index is 1.62. The molecule has 0 radical (unpaired) electrons. The minimum Gasteiger partial charge on any atom is -0.503 e. The standard InChI is InChI=1S/C29H24N2O4S/c1-17-9-13-21(14-10-17)31-24(19-11-15-22(35-3)16-12-19)23(26(33)29(31)34)25(32)27-18(2)30-28(36-27)20-7-5-4-6-8-20/h4-16,24,33H,1-3H3. The number of carbonyl (C=O) groups is 2. The van der Waals surface area contributed by atoms with E-state index in [1.165, 1.54) is 16.2 Å². The fourth-order valence-corrected chi connectivity index (χ4v) is 5.37. The van der Waals surface area contributed by atoms with Gasteiger partial charge in [-0.1, -0.05) is 60.2 Å². The monoisotopic (exact) mass is 496 g/mol. The van der Waals surface area contributed by atoms with Crippen molar-refractivity contribution in [3.8, 4) is 16.3 Å². The maximum absolute atomic E-state index is 14.0. The maximum atomic E-state index is 14.0. The minimum atomic E-state index is -0.805. The van der Waals surface area contributed by atoms with Crippen molar-refractivity contribution >= 4 is 28.7 Å². The molecule has 0 aliphatic carbocycles. The van der Waals surface area contributed by atoms with Crippen molar-refractivity contribution in [3.63, 3.8) is 0 Å². The molecule has 0 spiro atoms. The molecule has 0 saturated carbocycles. The van der Waals surface area contributed by atoms with Gasteiger partial charge in [0.05, 0.1) is 29.3 Å². The molecule has 0 bridgehead atoms. The summed E-state index contributed by atoms with van der Waals surface area (Å²) >= 11 is 1.26. The van der Waals surface area contributed by atoms with Crippen molar-refractivity contribution in [1.82, 2.24) is 4.98 Å². The zero-order chi connectivity index (χ0) is 25.4. The molecule has 36 heavy (non-hydrogen) atoms. The Labute approximate surface area is 213 Å². The van der Waals surface area contributed by atoms with E-state index in [-0.39, 0.29) is 5.57 Å². The lowest BCUT2D eigenvalue weighted by atomic mass is 9.94. The Bertz CT molecular complexity index is 1470.